The van der Waals surface area contributed by atoms with Crippen LogP contribution in [-0.2, 0) is 19.0 Å². The van der Waals surface area contributed by atoms with Gasteiger partial charge in [0, 0.05) is 7.11 Å². The number of hydrogen-bond acceptors (Lipinski definition) is 8. The van der Waals surface area contributed by atoms with Gasteiger partial charge in [-0.25, -0.2) is 4.84 Å². The normalized spacial score (nSPS) is 12.9. The molecule has 3 N–H and O–H groups in total. The number of nitrogens with zero attached hydrogens (tertiary/aromatic N) is 1. The molecule has 9 heteroatoms. The zero-order valence-corrected chi connectivity index (χ0v) is 10.3. The quantitative estimate of drug-likeness (QED) is 0.209. The fraction of sp³-hybridized carbons (Fsp3) is 0.875. The predicted octanol–water partition coefficient (Wildman–Crippen LogP) is -0.931. The van der Waals surface area contributed by atoms with Gasteiger partial charge < -0.3 is 14.6 Å². The first-order chi connectivity index (χ1) is 7.99. The number of carbonyl (C=O) groups excluding carboxylic acids is 1. The van der Waals surface area contributed by atoms with Crippen molar-refractivity contribution in [3.05, 3.63) is 0 Å². The van der Waals surface area contributed by atoms with Crippen molar-refractivity contribution in [3.8, 4) is 0 Å². The summed E-state index contributed by atoms with van der Waals surface area (Å²) < 4.78 is 9.70. The molecule has 0 bridgehead atoms. The van der Waals surface area contributed by atoms with E-state index in [0.717, 1.165) is 0 Å². The first-order valence-electron chi connectivity index (χ1n) is 5.18. The molecule has 0 aliphatic carbocycles. The molecule has 0 aliphatic heterocycles. The molecule has 0 aromatic rings. The largest absolute Gasteiger partial charge is 0.462 e. The Bertz CT molecular complexity index is 216. The fourth-order valence-corrected chi connectivity index (χ4v) is 1.12. The smallest absolute Gasteiger partial charge is 0.361 e. The first-order valence-corrected chi connectivity index (χ1v) is 5.18. The van der Waals surface area contributed by atoms with Crippen molar-refractivity contribution in [2.24, 2.45) is 5.92 Å². The Morgan fingerprint density at radius 3 is 2.53 bits per heavy atom. The first kappa shape index (κ1) is 16.3. The van der Waals surface area contributed by atoms with Gasteiger partial charge in [0.25, 0.3) is 0 Å². The minimum Gasteiger partial charge on any atom is -0.462 e. The zero-order valence-electron chi connectivity index (χ0n) is 10.3. The van der Waals surface area contributed by atoms with Crippen LogP contribution in [0.4, 0.5) is 0 Å². The van der Waals surface area contributed by atoms with E-state index in [9.17, 15) is 4.79 Å². The highest BCUT2D eigenvalue weighted by Crippen LogP contribution is 2.03. The van der Waals surface area contributed by atoms with Crippen molar-refractivity contribution in [2.45, 2.75) is 19.9 Å². The van der Waals surface area contributed by atoms with E-state index in [1.807, 2.05) is 13.8 Å². The molecule has 1 atom stereocenters. The maximum atomic E-state index is 11.6. The molecule has 0 radical (unpaired) electrons. The SMILES string of the molecule is COBNC(C(=O)OCCON(O)O)C(C)C. The Morgan fingerprint density at radius 1 is 1.41 bits per heavy atom. The molecule has 100 valence electrons. The van der Waals surface area contributed by atoms with Crippen LogP contribution in [0.2, 0.25) is 0 Å². The molecule has 0 saturated carbocycles. The Kier molecular flexibility index (Phi) is 8.95. The second-order valence-corrected chi connectivity index (χ2v) is 3.61. The highest BCUT2D eigenvalue weighted by atomic mass is 17.1. The molecular weight excluding hydrogens is 231 g/mol. The summed E-state index contributed by atoms with van der Waals surface area (Å²) in [6.45, 7) is 3.52. The topological polar surface area (TPSA) is 100 Å². The van der Waals surface area contributed by atoms with Gasteiger partial charge in [0.05, 0.1) is 5.39 Å². The third kappa shape index (κ3) is 8.08. The average Bonchev–Trinajstić information content (AvgIpc) is 2.24. The van der Waals surface area contributed by atoms with Crippen molar-refractivity contribution in [1.82, 2.24) is 10.6 Å². The van der Waals surface area contributed by atoms with Crippen molar-refractivity contribution < 1.29 is 29.4 Å². The lowest BCUT2D eigenvalue weighted by Crippen LogP contribution is -2.44. The Hall–Kier alpha value is -0.705. The van der Waals surface area contributed by atoms with E-state index >= 15 is 0 Å². The maximum Gasteiger partial charge on any atom is 0.361 e. The van der Waals surface area contributed by atoms with Crippen LogP contribution >= 0.6 is 0 Å². The summed E-state index contributed by atoms with van der Waals surface area (Å²) in [5.74, 6) is -0.395. The minimum atomic E-state index is -0.477. The number of rotatable bonds is 9. The van der Waals surface area contributed by atoms with Gasteiger partial charge in [0.2, 0.25) is 0 Å². The number of esters is 1. The van der Waals surface area contributed by atoms with Gasteiger partial charge in [-0.1, -0.05) is 13.8 Å². The van der Waals surface area contributed by atoms with Crippen LogP contribution in [0.5, 0.6) is 0 Å². The van der Waals surface area contributed by atoms with E-state index in [4.69, 9.17) is 19.8 Å². The molecule has 0 aliphatic rings. The lowest BCUT2D eigenvalue weighted by Gasteiger charge is -2.20. The van der Waals surface area contributed by atoms with Crippen LogP contribution in [0.15, 0.2) is 0 Å². The third-order valence-electron chi connectivity index (χ3n) is 1.90. The van der Waals surface area contributed by atoms with Crippen LogP contribution in [0.3, 0.4) is 0 Å². The van der Waals surface area contributed by atoms with Crippen molar-refractivity contribution in [2.75, 3.05) is 20.3 Å². The van der Waals surface area contributed by atoms with Crippen LogP contribution in [0.1, 0.15) is 13.8 Å². The fourth-order valence-electron chi connectivity index (χ4n) is 1.12. The summed E-state index contributed by atoms with van der Waals surface area (Å²) >= 11 is 0. The van der Waals surface area contributed by atoms with Crippen LogP contribution in [0.25, 0.3) is 0 Å². The summed E-state index contributed by atoms with van der Waals surface area (Å²) in [5.41, 5.74) is 0. The minimum absolute atomic E-state index is 0.0470. The van der Waals surface area contributed by atoms with Crippen LogP contribution < -0.4 is 5.23 Å². The number of ether oxygens (including phenoxy) is 1. The van der Waals surface area contributed by atoms with Crippen molar-refractivity contribution in [1.29, 1.82) is 0 Å². The van der Waals surface area contributed by atoms with Gasteiger partial charge in [-0.3, -0.25) is 15.2 Å². The van der Waals surface area contributed by atoms with E-state index in [2.05, 4.69) is 10.1 Å². The molecule has 0 rings (SSSR count). The Labute approximate surface area is 101 Å². The molecule has 0 heterocycles. The number of hydrogen-bond donors (Lipinski definition) is 3. The molecular formula is C8H19BN2O6. The van der Waals surface area contributed by atoms with Gasteiger partial charge in [0.1, 0.15) is 19.3 Å². The number of nitrogens with one attached hydrogen (secondary N) is 1. The monoisotopic (exact) mass is 250 g/mol. The molecule has 0 aromatic carbocycles. The van der Waals surface area contributed by atoms with Gasteiger partial charge >= 0.3 is 13.6 Å². The van der Waals surface area contributed by atoms with Crippen LogP contribution in [-0.4, -0.2) is 55.8 Å². The van der Waals surface area contributed by atoms with E-state index in [1.165, 1.54) is 7.11 Å². The summed E-state index contributed by atoms with van der Waals surface area (Å²) in [4.78, 5) is 15.8. The lowest BCUT2D eigenvalue weighted by atomic mass is 10.0. The average molecular weight is 250 g/mol. The molecule has 0 saturated heterocycles. The van der Waals surface area contributed by atoms with E-state index in [1.54, 1.807) is 0 Å². The van der Waals surface area contributed by atoms with Crippen LogP contribution in [0, 0.1) is 5.92 Å². The van der Waals surface area contributed by atoms with Crippen molar-refractivity contribution >= 4 is 13.6 Å². The molecule has 0 aromatic heterocycles. The molecule has 0 spiro atoms. The molecule has 1 unspecified atom stereocenters. The summed E-state index contributed by atoms with van der Waals surface area (Å²) in [6, 6.07) is -0.477. The zero-order chi connectivity index (χ0) is 13.3. The van der Waals surface area contributed by atoms with Crippen molar-refractivity contribution in [3.63, 3.8) is 0 Å². The highest BCUT2D eigenvalue weighted by molar-refractivity contribution is 6.24. The molecule has 17 heavy (non-hydrogen) atoms. The molecule has 0 fully saturated rings. The summed E-state index contributed by atoms with van der Waals surface area (Å²) in [5, 5.41) is 18.9. The number of carbonyl (C=O) groups is 1. The van der Waals surface area contributed by atoms with E-state index in [0.29, 0.717) is 0 Å². The van der Waals surface area contributed by atoms with Gasteiger partial charge in [-0.2, -0.15) is 0 Å². The Morgan fingerprint density at radius 2 is 2.06 bits per heavy atom. The standard InChI is InChI=1S/C8H19BN2O6/c1-6(2)7(10-9-15-3)8(12)16-4-5-17-11(13)14/h6-7,9-10,13-14H,4-5H2,1-3H3. The van der Waals surface area contributed by atoms with Gasteiger partial charge in [-0.05, 0) is 5.92 Å². The van der Waals surface area contributed by atoms with Gasteiger partial charge in [0.15, 0.2) is 0 Å². The molecule has 0 amide bonds. The Balaban J connectivity index is 3.89. The second-order valence-electron chi connectivity index (χ2n) is 3.61. The third-order valence-corrected chi connectivity index (χ3v) is 1.90. The van der Waals surface area contributed by atoms with E-state index < -0.39 is 17.4 Å². The predicted molar refractivity (Wildman–Crippen MR) is 58.2 cm³/mol. The highest BCUT2D eigenvalue weighted by Gasteiger charge is 2.23. The second kappa shape index (κ2) is 9.34. The van der Waals surface area contributed by atoms with Gasteiger partial charge in [-0.15, -0.1) is 0 Å². The maximum absolute atomic E-state index is 11.6. The molecule has 8 nitrogen and oxygen atoms in total. The van der Waals surface area contributed by atoms with E-state index in [-0.39, 0.29) is 26.7 Å². The summed E-state index contributed by atoms with van der Waals surface area (Å²) in [7, 11) is 1.76. The lowest BCUT2D eigenvalue weighted by molar-refractivity contribution is -0.493. The summed E-state index contributed by atoms with van der Waals surface area (Å²) in [6.07, 6.45) is 0.